The highest BCUT2D eigenvalue weighted by Crippen LogP contribution is 2.05. The molecule has 1 fully saturated rings. The van der Waals surface area contributed by atoms with Gasteiger partial charge in [0.1, 0.15) is 0 Å². The molecule has 1 atom stereocenters. The SMILES string of the molecule is COC1CCOCCN(C(=O)O)C1. The van der Waals surface area contributed by atoms with E-state index in [1.807, 2.05) is 0 Å². The third-order valence-electron chi connectivity index (χ3n) is 2.12. The number of ether oxygens (including phenoxy) is 2. The van der Waals surface area contributed by atoms with Crippen LogP contribution in [0.4, 0.5) is 4.79 Å². The Hall–Kier alpha value is -0.810. The van der Waals surface area contributed by atoms with Crippen LogP contribution in [-0.4, -0.2) is 55.6 Å². The summed E-state index contributed by atoms with van der Waals surface area (Å²) in [6.45, 7) is 1.99. The standard InChI is InChI=1S/C8H15NO4/c1-12-7-2-4-13-5-3-9(6-7)8(10)11/h7H,2-6H2,1H3,(H,10,11). The van der Waals surface area contributed by atoms with E-state index < -0.39 is 6.09 Å². The minimum absolute atomic E-state index is 0.0450. The molecule has 0 radical (unpaired) electrons. The lowest BCUT2D eigenvalue weighted by molar-refractivity contribution is 0.00125. The van der Waals surface area contributed by atoms with E-state index in [-0.39, 0.29) is 6.10 Å². The molecular formula is C8H15NO4. The second kappa shape index (κ2) is 5.04. The fraction of sp³-hybridized carbons (Fsp3) is 0.875. The fourth-order valence-electron chi connectivity index (χ4n) is 1.29. The van der Waals surface area contributed by atoms with Gasteiger partial charge in [-0.3, -0.25) is 0 Å². The van der Waals surface area contributed by atoms with Crippen LogP contribution in [0.15, 0.2) is 0 Å². The Morgan fingerprint density at radius 3 is 3.00 bits per heavy atom. The summed E-state index contributed by atoms with van der Waals surface area (Å²) in [6, 6.07) is 0. The molecule has 5 heteroatoms. The van der Waals surface area contributed by atoms with Gasteiger partial charge in [0.2, 0.25) is 0 Å². The van der Waals surface area contributed by atoms with E-state index in [2.05, 4.69) is 0 Å². The second-order valence-corrected chi connectivity index (χ2v) is 2.99. The maximum Gasteiger partial charge on any atom is 0.407 e. The molecule has 13 heavy (non-hydrogen) atoms. The first-order valence-electron chi connectivity index (χ1n) is 4.32. The summed E-state index contributed by atoms with van der Waals surface area (Å²) < 4.78 is 10.3. The zero-order valence-corrected chi connectivity index (χ0v) is 7.73. The average Bonchev–Trinajstić information content (AvgIpc) is 2.03. The summed E-state index contributed by atoms with van der Waals surface area (Å²) in [4.78, 5) is 12.0. The van der Waals surface area contributed by atoms with E-state index in [0.717, 1.165) is 6.42 Å². The van der Waals surface area contributed by atoms with Crippen LogP contribution < -0.4 is 0 Å². The number of carboxylic acid groups (broad SMARTS) is 1. The molecule has 0 bridgehead atoms. The molecule has 1 aliphatic rings. The highest BCUT2D eigenvalue weighted by molar-refractivity contribution is 5.64. The highest BCUT2D eigenvalue weighted by atomic mass is 16.5. The number of carbonyl (C=O) groups is 1. The molecule has 1 aliphatic heterocycles. The molecule has 1 amide bonds. The van der Waals surface area contributed by atoms with Crippen molar-refractivity contribution in [3.8, 4) is 0 Å². The summed E-state index contributed by atoms with van der Waals surface area (Å²) in [7, 11) is 1.59. The zero-order valence-electron chi connectivity index (χ0n) is 7.73. The number of rotatable bonds is 1. The van der Waals surface area contributed by atoms with Gasteiger partial charge in [0.05, 0.1) is 19.3 Å². The van der Waals surface area contributed by atoms with E-state index >= 15 is 0 Å². The Bertz CT molecular complexity index is 174. The third kappa shape index (κ3) is 3.20. The molecular weight excluding hydrogens is 174 g/mol. The lowest BCUT2D eigenvalue weighted by atomic mass is 10.2. The number of methoxy groups -OCH3 is 1. The molecule has 0 aromatic carbocycles. The van der Waals surface area contributed by atoms with Gasteiger partial charge in [-0.25, -0.2) is 4.79 Å². The number of amides is 1. The van der Waals surface area contributed by atoms with Crippen molar-refractivity contribution < 1.29 is 19.4 Å². The molecule has 1 rings (SSSR count). The molecule has 76 valence electrons. The Labute approximate surface area is 77.2 Å². The van der Waals surface area contributed by atoms with Gasteiger partial charge in [-0.1, -0.05) is 0 Å². The van der Waals surface area contributed by atoms with Gasteiger partial charge in [-0.05, 0) is 6.42 Å². The van der Waals surface area contributed by atoms with Gasteiger partial charge in [-0.15, -0.1) is 0 Å². The van der Waals surface area contributed by atoms with Crippen LogP contribution in [0, 0.1) is 0 Å². The predicted molar refractivity (Wildman–Crippen MR) is 45.8 cm³/mol. The molecule has 0 spiro atoms. The van der Waals surface area contributed by atoms with Crippen molar-refractivity contribution in [2.45, 2.75) is 12.5 Å². The molecule has 1 N–H and O–H groups in total. The smallest absolute Gasteiger partial charge is 0.407 e. The van der Waals surface area contributed by atoms with E-state index in [9.17, 15) is 4.79 Å². The van der Waals surface area contributed by atoms with Crippen molar-refractivity contribution in [1.82, 2.24) is 4.90 Å². The average molecular weight is 189 g/mol. The Morgan fingerprint density at radius 2 is 2.38 bits per heavy atom. The monoisotopic (exact) mass is 189 g/mol. The highest BCUT2D eigenvalue weighted by Gasteiger charge is 2.19. The Balaban J connectivity index is 2.47. The van der Waals surface area contributed by atoms with Crippen molar-refractivity contribution in [2.24, 2.45) is 0 Å². The quantitative estimate of drug-likeness (QED) is 0.648. The molecule has 0 aromatic heterocycles. The van der Waals surface area contributed by atoms with Crippen molar-refractivity contribution >= 4 is 6.09 Å². The molecule has 0 aromatic rings. The Morgan fingerprint density at radius 1 is 1.62 bits per heavy atom. The van der Waals surface area contributed by atoms with Crippen molar-refractivity contribution in [1.29, 1.82) is 0 Å². The third-order valence-corrected chi connectivity index (χ3v) is 2.12. The van der Waals surface area contributed by atoms with Gasteiger partial charge >= 0.3 is 6.09 Å². The molecule has 5 nitrogen and oxygen atoms in total. The maximum atomic E-state index is 10.7. The van der Waals surface area contributed by atoms with Crippen molar-refractivity contribution in [3.63, 3.8) is 0 Å². The minimum atomic E-state index is -0.910. The molecule has 1 heterocycles. The summed E-state index contributed by atoms with van der Waals surface area (Å²) >= 11 is 0. The van der Waals surface area contributed by atoms with E-state index in [4.69, 9.17) is 14.6 Å². The van der Waals surface area contributed by atoms with Crippen LogP contribution in [0.2, 0.25) is 0 Å². The van der Waals surface area contributed by atoms with E-state index in [0.29, 0.717) is 26.3 Å². The summed E-state index contributed by atoms with van der Waals surface area (Å²) in [5.74, 6) is 0. The van der Waals surface area contributed by atoms with Crippen LogP contribution in [0.1, 0.15) is 6.42 Å². The molecule has 1 unspecified atom stereocenters. The zero-order chi connectivity index (χ0) is 9.68. The summed E-state index contributed by atoms with van der Waals surface area (Å²) in [5.41, 5.74) is 0. The van der Waals surface area contributed by atoms with Crippen LogP contribution >= 0.6 is 0 Å². The van der Waals surface area contributed by atoms with Crippen LogP contribution in [-0.2, 0) is 9.47 Å². The molecule has 0 saturated carbocycles. The topological polar surface area (TPSA) is 59.0 Å². The number of nitrogens with zero attached hydrogens (tertiary/aromatic N) is 1. The van der Waals surface area contributed by atoms with E-state index in [1.165, 1.54) is 4.90 Å². The van der Waals surface area contributed by atoms with E-state index in [1.54, 1.807) is 7.11 Å². The van der Waals surface area contributed by atoms with Gasteiger partial charge in [0.25, 0.3) is 0 Å². The second-order valence-electron chi connectivity index (χ2n) is 2.99. The van der Waals surface area contributed by atoms with Crippen LogP contribution in [0.5, 0.6) is 0 Å². The van der Waals surface area contributed by atoms with Gasteiger partial charge < -0.3 is 19.5 Å². The predicted octanol–water partition coefficient (Wildman–Crippen LogP) is 0.402. The molecule has 0 aliphatic carbocycles. The van der Waals surface area contributed by atoms with Crippen LogP contribution in [0.25, 0.3) is 0 Å². The first kappa shape index (κ1) is 10.3. The lowest BCUT2D eigenvalue weighted by Gasteiger charge is -2.27. The fourth-order valence-corrected chi connectivity index (χ4v) is 1.29. The summed E-state index contributed by atoms with van der Waals surface area (Å²) in [6.07, 6.45) is -0.204. The lowest BCUT2D eigenvalue weighted by Crippen LogP contribution is -2.41. The largest absolute Gasteiger partial charge is 0.465 e. The normalized spacial score (nSPS) is 25.0. The van der Waals surface area contributed by atoms with Crippen molar-refractivity contribution in [3.05, 3.63) is 0 Å². The number of hydrogen-bond acceptors (Lipinski definition) is 3. The van der Waals surface area contributed by atoms with Crippen LogP contribution in [0.3, 0.4) is 0 Å². The summed E-state index contributed by atoms with van der Waals surface area (Å²) in [5, 5.41) is 8.78. The first-order valence-corrected chi connectivity index (χ1v) is 4.32. The minimum Gasteiger partial charge on any atom is -0.465 e. The Kier molecular flexibility index (Phi) is 3.98. The number of hydrogen-bond donors (Lipinski definition) is 1. The maximum absolute atomic E-state index is 10.7. The first-order chi connectivity index (χ1) is 6.24. The molecule has 1 saturated heterocycles. The van der Waals surface area contributed by atoms with Crippen molar-refractivity contribution in [2.75, 3.05) is 33.4 Å². The van der Waals surface area contributed by atoms with Gasteiger partial charge in [0.15, 0.2) is 0 Å². The van der Waals surface area contributed by atoms with Gasteiger partial charge in [-0.2, -0.15) is 0 Å². The van der Waals surface area contributed by atoms with Gasteiger partial charge in [0, 0.05) is 20.3 Å².